The van der Waals surface area contributed by atoms with E-state index in [2.05, 4.69) is 5.32 Å². The van der Waals surface area contributed by atoms with Gasteiger partial charge in [-0.15, -0.1) is 0 Å². The second kappa shape index (κ2) is 5.83. The fourth-order valence-corrected chi connectivity index (χ4v) is 2.56. The minimum Gasteiger partial charge on any atom is -0.423 e. The van der Waals surface area contributed by atoms with Crippen LogP contribution in [0.15, 0.2) is 48.5 Å². The van der Waals surface area contributed by atoms with Crippen molar-refractivity contribution in [3.63, 3.8) is 0 Å². The zero-order valence-corrected chi connectivity index (χ0v) is 12.9. The lowest BCUT2D eigenvalue weighted by Crippen LogP contribution is -3.04. The highest BCUT2D eigenvalue weighted by Crippen LogP contribution is 2.39. The van der Waals surface area contributed by atoms with E-state index in [4.69, 9.17) is 4.74 Å². The number of quaternary nitrogens is 1. The van der Waals surface area contributed by atoms with Crippen molar-refractivity contribution >= 4 is 11.6 Å². The van der Waals surface area contributed by atoms with Crippen LogP contribution in [0.2, 0.25) is 0 Å². The lowest BCUT2D eigenvalue weighted by molar-refractivity contribution is -0.783. The van der Waals surface area contributed by atoms with E-state index in [0.29, 0.717) is 5.56 Å². The maximum atomic E-state index is 13.7. The second-order valence-corrected chi connectivity index (χ2v) is 5.68. The van der Waals surface area contributed by atoms with Crippen LogP contribution in [0.3, 0.4) is 0 Å². The van der Waals surface area contributed by atoms with Crippen molar-refractivity contribution in [1.29, 1.82) is 0 Å². The van der Waals surface area contributed by atoms with E-state index in [1.54, 1.807) is 43.3 Å². The molecule has 1 amide bonds. The molecular weight excluding hydrogens is 321 g/mol. The Balaban J connectivity index is 1.95. The number of nitrogens with two attached hydrogens (primary N) is 1. The van der Waals surface area contributed by atoms with E-state index in [1.165, 1.54) is 12.1 Å². The predicted molar refractivity (Wildman–Crippen MR) is 81.3 cm³/mol. The summed E-state index contributed by atoms with van der Waals surface area (Å²) in [7, 11) is 0. The van der Waals surface area contributed by atoms with Gasteiger partial charge in [-0.05, 0) is 24.6 Å². The van der Waals surface area contributed by atoms with Gasteiger partial charge in [0, 0.05) is 5.56 Å². The molecule has 1 heterocycles. The van der Waals surface area contributed by atoms with Gasteiger partial charge in [0.1, 0.15) is 6.54 Å². The van der Waals surface area contributed by atoms with Gasteiger partial charge in [0.05, 0.1) is 5.69 Å². The van der Waals surface area contributed by atoms with Gasteiger partial charge in [0.25, 0.3) is 0 Å². The fraction of sp³-hybridized carbons (Fsp3) is 0.235. The molecule has 0 spiro atoms. The Morgan fingerprint density at radius 3 is 2.54 bits per heavy atom. The number of nitrogens with one attached hydrogen (secondary N) is 1. The van der Waals surface area contributed by atoms with Gasteiger partial charge in [-0.2, -0.15) is 13.2 Å². The molecule has 4 nitrogen and oxygen atoms in total. The number of fused-ring (bicyclic) bond motifs is 1. The molecule has 3 N–H and O–H groups in total. The number of hydrogen-bond acceptors (Lipinski definition) is 2. The van der Waals surface area contributed by atoms with Crippen LogP contribution >= 0.6 is 0 Å². The van der Waals surface area contributed by atoms with Crippen LogP contribution in [0.1, 0.15) is 11.1 Å². The number of halogens is 3. The zero-order chi connectivity index (χ0) is 17.4. The van der Waals surface area contributed by atoms with E-state index in [9.17, 15) is 18.0 Å². The van der Waals surface area contributed by atoms with Crippen LogP contribution < -0.4 is 15.4 Å². The number of aryl methyl sites for hydroxylation is 1. The minimum absolute atomic E-state index is 0.0104. The van der Waals surface area contributed by atoms with Crippen LogP contribution in [-0.2, 0) is 11.3 Å². The molecule has 0 bridgehead atoms. The Labute approximate surface area is 136 Å². The maximum Gasteiger partial charge on any atom is 0.496 e. The van der Waals surface area contributed by atoms with Gasteiger partial charge >= 0.3 is 17.8 Å². The van der Waals surface area contributed by atoms with Crippen LogP contribution in [0.5, 0.6) is 5.75 Å². The summed E-state index contributed by atoms with van der Waals surface area (Å²) in [6.45, 7) is 1.69. The predicted octanol–water partition coefficient (Wildman–Crippen LogP) is 2.35. The molecular formula is C17H16F3N2O2+. The molecule has 0 saturated carbocycles. The summed E-state index contributed by atoms with van der Waals surface area (Å²) < 4.78 is 46.4. The smallest absolute Gasteiger partial charge is 0.423 e. The van der Waals surface area contributed by atoms with E-state index in [1.807, 2.05) is 0 Å². The molecule has 2 aromatic carbocycles. The van der Waals surface area contributed by atoms with E-state index in [-0.39, 0.29) is 18.0 Å². The van der Waals surface area contributed by atoms with Gasteiger partial charge < -0.3 is 10.1 Å². The van der Waals surface area contributed by atoms with Crippen molar-refractivity contribution in [1.82, 2.24) is 0 Å². The molecule has 3 rings (SSSR count). The monoisotopic (exact) mass is 337 g/mol. The van der Waals surface area contributed by atoms with Crippen molar-refractivity contribution in [3.05, 3.63) is 59.7 Å². The van der Waals surface area contributed by atoms with E-state index >= 15 is 0 Å². The standard InChI is InChI=1S/C17H15F3N2O2/c1-11-7-8-13-14(9-11)24-16(15(23)22-13,17(18,19)20)21-10-12-5-3-2-4-6-12/h2-9,21H,10H2,1H3,(H,22,23)/p+1/t16-/m0/s1. The Morgan fingerprint density at radius 1 is 1.17 bits per heavy atom. The molecule has 1 aliphatic rings. The highest BCUT2D eigenvalue weighted by atomic mass is 19.4. The lowest BCUT2D eigenvalue weighted by Gasteiger charge is -2.35. The quantitative estimate of drug-likeness (QED) is 0.903. The molecule has 1 atom stereocenters. The van der Waals surface area contributed by atoms with Crippen LogP contribution in [0.4, 0.5) is 18.9 Å². The molecule has 2 aromatic rings. The summed E-state index contributed by atoms with van der Waals surface area (Å²) in [6.07, 6.45) is -4.88. The number of ether oxygens (including phenoxy) is 1. The van der Waals surface area contributed by atoms with Gasteiger partial charge in [-0.25, -0.2) is 0 Å². The summed E-state index contributed by atoms with van der Waals surface area (Å²) in [5.41, 5.74) is -1.38. The number of alkyl halides is 3. The fourth-order valence-electron chi connectivity index (χ4n) is 2.56. The van der Waals surface area contributed by atoms with Crippen molar-refractivity contribution in [3.8, 4) is 5.75 Å². The Morgan fingerprint density at radius 2 is 1.88 bits per heavy atom. The number of benzene rings is 2. The molecule has 7 heteroatoms. The van der Waals surface area contributed by atoms with Crippen LogP contribution in [-0.4, -0.2) is 17.8 Å². The van der Waals surface area contributed by atoms with Gasteiger partial charge in [-0.1, -0.05) is 36.4 Å². The van der Waals surface area contributed by atoms with E-state index < -0.39 is 17.8 Å². The third kappa shape index (κ3) is 2.82. The third-order valence-electron chi connectivity index (χ3n) is 3.88. The summed E-state index contributed by atoms with van der Waals surface area (Å²) in [6, 6.07) is 13.3. The first-order chi connectivity index (χ1) is 11.3. The van der Waals surface area contributed by atoms with Gasteiger partial charge in [-0.3, -0.25) is 10.1 Å². The molecule has 0 radical (unpaired) electrons. The van der Waals surface area contributed by atoms with Crippen molar-refractivity contribution in [2.45, 2.75) is 25.4 Å². The Hall–Kier alpha value is -2.54. The molecule has 24 heavy (non-hydrogen) atoms. The first-order valence-corrected chi connectivity index (χ1v) is 7.38. The lowest BCUT2D eigenvalue weighted by atomic mass is 10.1. The van der Waals surface area contributed by atoms with Crippen molar-refractivity contribution in [2.24, 2.45) is 0 Å². The average Bonchev–Trinajstić information content (AvgIpc) is 2.53. The van der Waals surface area contributed by atoms with Crippen molar-refractivity contribution < 1.29 is 28.0 Å². The molecule has 0 saturated heterocycles. The number of carbonyl (C=O) groups excluding carboxylic acids is 1. The average molecular weight is 337 g/mol. The van der Waals surface area contributed by atoms with E-state index in [0.717, 1.165) is 10.9 Å². The number of amides is 1. The third-order valence-corrected chi connectivity index (χ3v) is 3.88. The molecule has 0 unspecified atom stereocenters. The molecule has 0 aromatic heterocycles. The first kappa shape index (κ1) is 16.3. The van der Waals surface area contributed by atoms with Crippen molar-refractivity contribution in [2.75, 3.05) is 5.32 Å². The van der Waals surface area contributed by atoms with Gasteiger partial charge in [0.15, 0.2) is 5.75 Å². The summed E-state index contributed by atoms with van der Waals surface area (Å²) in [5, 5.41) is 3.18. The second-order valence-electron chi connectivity index (χ2n) is 5.68. The Kier molecular flexibility index (Phi) is 3.96. The normalized spacial score (nSPS) is 20.1. The topological polar surface area (TPSA) is 54.9 Å². The number of hydrogen-bond donors (Lipinski definition) is 2. The SMILES string of the molecule is Cc1ccc2c(c1)O[C@]([NH2+]Cc1ccccc1)(C(F)(F)F)C(=O)N2. The first-order valence-electron chi connectivity index (χ1n) is 7.38. The van der Waals surface area contributed by atoms with Crippen LogP contribution in [0, 0.1) is 6.92 Å². The highest BCUT2D eigenvalue weighted by Gasteiger charge is 2.69. The summed E-state index contributed by atoms with van der Waals surface area (Å²) in [5.74, 6) is -1.22. The minimum atomic E-state index is -4.88. The molecule has 0 aliphatic carbocycles. The molecule has 126 valence electrons. The number of carbonyl (C=O) groups is 1. The summed E-state index contributed by atoms with van der Waals surface area (Å²) >= 11 is 0. The largest absolute Gasteiger partial charge is 0.496 e. The highest BCUT2D eigenvalue weighted by molar-refractivity contribution is 6.00. The Bertz CT molecular complexity index is 762. The maximum absolute atomic E-state index is 13.7. The zero-order valence-electron chi connectivity index (χ0n) is 12.9. The van der Waals surface area contributed by atoms with Gasteiger partial charge in [0.2, 0.25) is 0 Å². The van der Waals surface area contributed by atoms with Crippen LogP contribution in [0.25, 0.3) is 0 Å². The molecule has 1 aliphatic heterocycles. The summed E-state index contributed by atoms with van der Waals surface area (Å²) in [4.78, 5) is 12.2. The number of anilines is 1. The number of rotatable bonds is 3. The molecule has 0 fully saturated rings.